The number of morpholine rings is 1. The average molecular weight is 388 g/mol. The fraction of sp³-hybridized carbons (Fsp3) is 0.364. The first kappa shape index (κ1) is 18.0. The van der Waals surface area contributed by atoms with Crippen molar-refractivity contribution >= 4 is 22.4 Å². The molecule has 5 heterocycles. The SMILES string of the molecule is CC1=C(c2cc(-c3ccnc4[nH]ccc34)nc(N3CCOCC3C)c2)C(C)N=N1. The van der Waals surface area contributed by atoms with E-state index in [0.29, 0.717) is 13.2 Å². The second-order valence-electron chi connectivity index (χ2n) is 7.71. The molecule has 0 amide bonds. The minimum atomic E-state index is 0.0462. The largest absolute Gasteiger partial charge is 0.377 e. The maximum Gasteiger partial charge on any atom is 0.137 e. The summed E-state index contributed by atoms with van der Waals surface area (Å²) in [7, 11) is 0. The van der Waals surface area contributed by atoms with E-state index in [9.17, 15) is 0 Å². The van der Waals surface area contributed by atoms with E-state index in [1.54, 1.807) is 0 Å². The molecule has 7 nitrogen and oxygen atoms in total. The van der Waals surface area contributed by atoms with Crippen molar-refractivity contribution in [2.75, 3.05) is 24.7 Å². The minimum absolute atomic E-state index is 0.0462. The number of anilines is 1. The van der Waals surface area contributed by atoms with Gasteiger partial charge in [-0.05, 0) is 50.6 Å². The molecule has 1 N–H and O–H groups in total. The number of rotatable bonds is 3. The molecule has 148 valence electrons. The zero-order valence-electron chi connectivity index (χ0n) is 16.9. The van der Waals surface area contributed by atoms with Crippen LogP contribution in [0.2, 0.25) is 0 Å². The molecule has 3 aromatic rings. The van der Waals surface area contributed by atoms with E-state index in [0.717, 1.165) is 51.5 Å². The van der Waals surface area contributed by atoms with Crippen LogP contribution in [0.3, 0.4) is 0 Å². The third-order valence-corrected chi connectivity index (χ3v) is 5.71. The number of nitrogens with one attached hydrogen (secondary N) is 1. The van der Waals surface area contributed by atoms with Gasteiger partial charge in [0.25, 0.3) is 0 Å². The Balaban J connectivity index is 1.70. The Bertz CT molecular complexity index is 1130. The van der Waals surface area contributed by atoms with Gasteiger partial charge in [-0.15, -0.1) is 0 Å². The summed E-state index contributed by atoms with van der Waals surface area (Å²) >= 11 is 0. The number of aromatic nitrogens is 3. The number of nitrogens with zero attached hydrogens (tertiary/aromatic N) is 5. The third-order valence-electron chi connectivity index (χ3n) is 5.71. The summed E-state index contributed by atoms with van der Waals surface area (Å²) < 4.78 is 5.64. The van der Waals surface area contributed by atoms with E-state index in [-0.39, 0.29) is 12.1 Å². The van der Waals surface area contributed by atoms with Gasteiger partial charge in [-0.3, -0.25) is 0 Å². The second-order valence-corrected chi connectivity index (χ2v) is 7.71. The molecule has 1 saturated heterocycles. The number of aromatic amines is 1. The highest BCUT2D eigenvalue weighted by Gasteiger charge is 2.25. The molecule has 29 heavy (non-hydrogen) atoms. The minimum Gasteiger partial charge on any atom is -0.377 e. The summed E-state index contributed by atoms with van der Waals surface area (Å²) in [6.45, 7) is 8.54. The van der Waals surface area contributed by atoms with Crippen molar-refractivity contribution in [3.8, 4) is 11.3 Å². The summed E-state index contributed by atoms with van der Waals surface area (Å²) in [5, 5.41) is 9.74. The molecule has 0 aromatic carbocycles. The summed E-state index contributed by atoms with van der Waals surface area (Å²) in [4.78, 5) is 15.0. The molecule has 0 radical (unpaired) electrons. The standard InChI is InChI=1S/C22H24N6O/c1-13-12-29-9-8-28(13)20-11-16(21-14(2)26-27-15(21)3)10-19(25-20)17-4-6-23-22-18(17)5-7-24-22/h4-7,10-11,13-14H,8-9,12H2,1-3H3,(H,23,24). The van der Waals surface area contributed by atoms with Crippen LogP contribution in [0.1, 0.15) is 26.3 Å². The van der Waals surface area contributed by atoms with Crippen molar-refractivity contribution in [1.29, 1.82) is 0 Å². The predicted molar refractivity (Wildman–Crippen MR) is 114 cm³/mol. The first-order chi connectivity index (χ1) is 14.1. The van der Waals surface area contributed by atoms with Gasteiger partial charge in [0.05, 0.1) is 36.7 Å². The summed E-state index contributed by atoms with van der Waals surface area (Å²) in [5.74, 6) is 0.966. The first-order valence-electron chi connectivity index (χ1n) is 10.0. The van der Waals surface area contributed by atoms with Crippen molar-refractivity contribution in [2.24, 2.45) is 10.2 Å². The van der Waals surface area contributed by atoms with Gasteiger partial charge in [0, 0.05) is 35.5 Å². The van der Waals surface area contributed by atoms with E-state index >= 15 is 0 Å². The predicted octanol–water partition coefficient (Wildman–Crippen LogP) is 4.44. The molecule has 2 atom stereocenters. The average Bonchev–Trinajstić information content (AvgIpc) is 3.34. The van der Waals surface area contributed by atoms with Crippen LogP contribution in [0.15, 0.2) is 52.6 Å². The quantitative estimate of drug-likeness (QED) is 0.720. The van der Waals surface area contributed by atoms with E-state index in [2.05, 4.69) is 57.1 Å². The van der Waals surface area contributed by atoms with Crippen LogP contribution in [0.5, 0.6) is 0 Å². The lowest BCUT2D eigenvalue weighted by molar-refractivity contribution is 0.0985. The lowest BCUT2D eigenvalue weighted by atomic mass is 9.97. The van der Waals surface area contributed by atoms with Crippen LogP contribution >= 0.6 is 0 Å². The van der Waals surface area contributed by atoms with E-state index in [1.165, 1.54) is 0 Å². The molecule has 2 unspecified atom stereocenters. The molecule has 5 rings (SSSR count). The fourth-order valence-electron chi connectivity index (χ4n) is 4.25. The maximum atomic E-state index is 5.64. The van der Waals surface area contributed by atoms with Gasteiger partial charge in [-0.25, -0.2) is 9.97 Å². The topological polar surface area (TPSA) is 78.8 Å². The summed E-state index contributed by atoms with van der Waals surface area (Å²) in [6, 6.07) is 8.73. The number of pyridine rings is 2. The lowest BCUT2D eigenvalue weighted by Gasteiger charge is -2.34. The number of fused-ring (bicyclic) bond motifs is 1. The van der Waals surface area contributed by atoms with Gasteiger partial charge in [0.2, 0.25) is 0 Å². The Morgan fingerprint density at radius 2 is 2.10 bits per heavy atom. The summed E-state index contributed by atoms with van der Waals surface area (Å²) in [6.07, 6.45) is 3.74. The smallest absolute Gasteiger partial charge is 0.137 e. The van der Waals surface area contributed by atoms with Crippen LogP contribution in [0.25, 0.3) is 27.9 Å². The van der Waals surface area contributed by atoms with Gasteiger partial charge in [-0.1, -0.05) is 0 Å². The monoisotopic (exact) mass is 388 g/mol. The molecule has 1 fully saturated rings. The number of hydrogen-bond donors (Lipinski definition) is 1. The normalized spacial score (nSPS) is 22.1. The van der Waals surface area contributed by atoms with Crippen molar-refractivity contribution < 1.29 is 4.74 Å². The van der Waals surface area contributed by atoms with Gasteiger partial charge < -0.3 is 14.6 Å². The van der Waals surface area contributed by atoms with E-state index < -0.39 is 0 Å². The van der Waals surface area contributed by atoms with Crippen molar-refractivity contribution in [2.45, 2.75) is 32.9 Å². The number of ether oxygens (including phenoxy) is 1. The molecule has 0 saturated carbocycles. The molecule has 0 spiro atoms. The Hall–Kier alpha value is -3.06. The van der Waals surface area contributed by atoms with E-state index in [1.807, 2.05) is 25.4 Å². The second kappa shape index (κ2) is 7.08. The highest BCUT2D eigenvalue weighted by Crippen LogP contribution is 2.36. The van der Waals surface area contributed by atoms with Crippen molar-refractivity contribution in [1.82, 2.24) is 15.0 Å². The van der Waals surface area contributed by atoms with Crippen LogP contribution in [-0.2, 0) is 4.74 Å². The highest BCUT2D eigenvalue weighted by atomic mass is 16.5. The van der Waals surface area contributed by atoms with Crippen LogP contribution in [0, 0.1) is 0 Å². The first-order valence-corrected chi connectivity index (χ1v) is 10.0. The Labute approximate surface area is 169 Å². The van der Waals surface area contributed by atoms with Crippen molar-refractivity contribution in [3.05, 3.63) is 47.9 Å². The molecule has 0 bridgehead atoms. The molecule has 2 aliphatic heterocycles. The number of H-pyrrole nitrogens is 1. The van der Waals surface area contributed by atoms with Crippen molar-refractivity contribution in [3.63, 3.8) is 0 Å². The van der Waals surface area contributed by atoms with Crippen LogP contribution in [-0.4, -0.2) is 46.8 Å². The third kappa shape index (κ3) is 3.11. The zero-order valence-corrected chi connectivity index (χ0v) is 16.9. The lowest BCUT2D eigenvalue weighted by Crippen LogP contribution is -2.44. The molecule has 3 aromatic heterocycles. The number of hydrogen-bond acceptors (Lipinski definition) is 6. The van der Waals surface area contributed by atoms with E-state index in [4.69, 9.17) is 9.72 Å². The number of azo groups is 1. The highest BCUT2D eigenvalue weighted by molar-refractivity contribution is 5.93. The Kier molecular flexibility index (Phi) is 4.39. The van der Waals surface area contributed by atoms with Gasteiger partial charge >= 0.3 is 0 Å². The Morgan fingerprint density at radius 3 is 2.90 bits per heavy atom. The molecule has 2 aliphatic rings. The molecule has 7 heteroatoms. The zero-order chi connectivity index (χ0) is 20.0. The molecular weight excluding hydrogens is 364 g/mol. The fourth-order valence-corrected chi connectivity index (χ4v) is 4.25. The maximum absolute atomic E-state index is 5.64. The van der Waals surface area contributed by atoms with Gasteiger partial charge in [-0.2, -0.15) is 10.2 Å². The summed E-state index contributed by atoms with van der Waals surface area (Å²) in [5.41, 5.74) is 6.12. The van der Waals surface area contributed by atoms with Crippen LogP contribution < -0.4 is 4.90 Å². The van der Waals surface area contributed by atoms with Crippen LogP contribution in [0.4, 0.5) is 5.82 Å². The van der Waals surface area contributed by atoms with Gasteiger partial charge in [0.15, 0.2) is 0 Å². The van der Waals surface area contributed by atoms with Gasteiger partial charge in [0.1, 0.15) is 11.5 Å². The number of allylic oxidation sites excluding steroid dienone is 1. The Morgan fingerprint density at radius 1 is 1.21 bits per heavy atom. The molecule has 0 aliphatic carbocycles. The molecular formula is C22H24N6O.